The summed E-state index contributed by atoms with van der Waals surface area (Å²) in [6, 6.07) is 7.57. The highest BCUT2D eigenvalue weighted by Gasteiger charge is 2.16. The van der Waals surface area contributed by atoms with E-state index in [4.69, 9.17) is 58.0 Å². The van der Waals surface area contributed by atoms with E-state index >= 15 is 0 Å². The number of amides is 2. The van der Waals surface area contributed by atoms with Crippen LogP contribution in [-0.4, -0.2) is 32.3 Å². The molecule has 0 unspecified atom stereocenters. The molecule has 0 aliphatic rings. The van der Waals surface area contributed by atoms with Gasteiger partial charge in [-0.1, -0.05) is 69.8 Å². The first-order valence-corrected chi connectivity index (χ1v) is 12.3. The largest absolute Gasteiger partial charge is 0.345 e. The van der Waals surface area contributed by atoms with Gasteiger partial charge in [-0.15, -0.1) is 10.2 Å². The Labute approximate surface area is 219 Å². The molecule has 0 aliphatic carbocycles. The number of hydrogen-bond acceptors (Lipinski definition) is 5. The monoisotopic (exact) mass is 565 g/mol. The number of anilines is 1. The van der Waals surface area contributed by atoms with E-state index in [1.54, 1.807) is 16.7 Å². The van der Waals surface area contributed by atoms with Crippen molar-refractivity contribution in [1.29, 1.82) is 0 Å². The molecule has 0 atom stereocenters. The summed E-state index contributed by atoms with van der Waals surface area (Å²) < 4.78 is 1.80. The Morgan fingerprint density at radius 1 is 0.970 bits per heavy atom. The molecule has 2 amide bonds. The van der Waals surface area contributed by atoms with Gasteiger partial charge in [0.05, 0.1) is 43.6 Å². The third kappa shape index (κ3) is 6.68. The summed E-state index contributed by atoms with van der Waals surface area (Å²) in [4.78, 5) is 24.8. The Morgan fingerprint density at radius 2 is 1.70 bits per heavy atom. The lowest BCUT2D eigenvalue weighted by atomic mass is 10.2. The van der Waals surface area contributed by atoms with E-state index in [9.17, 15) is 9.59 Å². The minimum absolute atomic E-state index is 0.0570. The molecule has 0 fully saturated rings. The summed E-state index contributed by atoms with van der Waals surface area (Å²) >= 11 is 31.1. The van der Waals surface area contributed by atoms with Crippen molar-refractivity contribution in [2.45, 2.75) is 25.2 Å². The van der Waals surface area contributed by atoms with E-state index < -0.39 is 0 Å². The van der Waals surface area contributed by atoms with Gasteiger partial charge in [-0.3, -0.25) is 9.59 Å². The molecule has 0 bridgehead atoms. The number of nitrogens with zero attached hydrogens (tertiary/aromatic N) is 3. The van der Waals surface area contributed by atoms with Gasteiger partial charge >= 0.3 is 0 Å². The first-order chi connectivity index (χ1) is 15.7. The highest BCUT2D eigenvalue weighted by Crippen LogP contribution is 2.32. The number of carbonyl (C=O) groups is 2. The molecule has 13 heteroatoms. The fraction of sp³-hybridized carbons (Fsp3) is 0.200. The predicted octanol–water partition coefficient (Wildman–Crippen LogP) is 6.23. The van der Waals surface area contributed by atoms with Crippen LogP contribution >= 0.6 is 69.8 Å². The van der Waals surface area contributed by atoms with Crippen LogP contribution in [0.25, 0.3) is 0 Å². The number of halogens is 5. The summed E-state index contributed by atoms with van der Waals surface area (Å²) in [5, 5.41) is 15.8. The Kier molecular flexibility index (Phi) is 9.15. The quantitative estimate of drug-likeness (QED) is 0.249. The predicted molar refractivity (Wildman–Crippen MR) is 134 cm³/mol. The number of aromatic nitrogens is 3. The lowest BCUT2D eigenvalue weighted by Crippen LogP contribution is -2.25. The molecule has 0 saturated heterocycles. The van der Waals surface area contributed by atoms with E-state index in [1.807, 2.05) is 6.92 Å². The molecular formula is C20H16Cl5N5O2S. The van der Waals surface area contributed by atoms with Gasteiger partial charge in [0.25, 0.3) is 5.91 Å². The smallest absolute Gasteiger partial charge is 0.253 e. The van der Waals surface area contributed by atoms with Crippen LogP contribution < -0.4 is 10.6 Å². The van der Waals surface area contributed by atoms with Crippen LogP contribution in [0.5, 0.6) is 0 Å². The normalized spacial score (nSPS) is 10.8. The van der Waals surface area contributed by atoms with Gasteiger partial charge in [-0.2, -0.15) is 0 Å². The molecule has 0 aliphatic heterocycles. The van der Waals surface area contributed by atoms with Gasteiger partial charge in [-0.05, 0) is 37.3 Å². The van der Waals surface area contributed by atoms with Crippen LogP contribution in [0.2, 0.25) is 25.1 Å². The van der Waals surface area contributed by atoms with E-state index in [2.05, 4.69) is 20.8 Å². The Bertz CT molecular complexity index is 1200. The highest BCUT2D eigenvalue weighted by molar-refractivity contribution is 7.99. The van der Waals surface area contributed by atoms with Crippen LogP contribution in [0.15, 0.2) is 35.5 Å². The highest BCUT2D eigenvalue weighted by atomic mass is 35.5. The maximum Gasteiger partial charge on any atom is 0.253 e. The first kappa shape index (κ1) is 25.9. The van der Waals surface area contributed by atoms with E-state index in [0.717, 1.165) is 0 Å². The number of thioether (sulfide) groups is 1. The molecule has 0 saturated carbocycles. The molecule has 0 spiro atoms. The zero-order valence-corrected chi connectivity index (χ0v) is 21.6. The Balaban J connectivity index is 1.60. The van der Waals surface area contributed by atoms with E-state index in [-0.39, 0.29) is 39.2 Å². The second kappa shape index (κ2) is 11.6. The second-order valence-electron chi connectivity index (χ2n) is 6.53. The van der Waals surface area contributed by atoms with Crippen LogP contribution in [0.4, 0.5) is 5.69 Å². The van der Waals surface area contributed by atoms with Crippen molar-refractivity contribution in [1.82, 2.24) is 20.1 Å². The molecule has 2 aromatic carbocycles. The summed E-state index contributed by atoms with van der Waals surface area (Å²) in [7, 11) is 0. The van der Waals surface area contributed by atoms with E-state index in [0.29, 0.717) is 38.8 Å². The molecule has 174 valence electrons. The summed E-state index contributed by atoms with van der Waals surface area (Å²) in [6.07, 6.45) is 0. The van der Waals surface area contributed by atoms with Crippen LogP contribution in [0, 0.1) is 0 Å². The zero-order valence-electron chi connectivity index (χ0n) is 17.0. The lowest BCUT2D eigenvalue weighted by Gasteiger charge is -2.10. The van der Waals surface area contributed by atoms with Crippen molar-refractivity contribution in [3.05, 3.63) is 66.8 Å². The van der Waals surface area contributed by atoms with Gasteiger partial charge in [-0.25, -0.2) is 0 Å². The molecule has 7 nitrogen and oxygen atoms in total. The van der Waals surface area contributed by atoms with E-state index in [1.165, 1.54) is 30.0 Å². The van der Waals surface area contributed by atoms with Gasteiger partial charge in [0.15, 0.2) is 11.0 Å². The molecule has 33 heavy (non-hydrogen) atoms. The topological polar surface area (TPSA) is 88.9 Å². The van der Waals surface area contributed by atoms with Crippen molar-refractivity contribution in [2.75, 3.05) is 11.1 Å². The van der Waals surface area contributed by atoms with Gasteiger partial charge in [0, 0.05) is 11.6 Å². The zero-order chi connectivity index (χ0) is 24.1. The van der Waals surface area contributed by atoms with Crippen molar-refractivity contribution < 1.29 is 9.59 Å². The van der Waals surface area contributed by atoms with Crippen LogP contribution in [0.3, 0.4) is 0 Å². The number of hydrogen-bond donors (Lipinski definition) is 2. The number of nitrogens with one attached hydrogen (secondary N) is 2. The summed E-state index contributed by atoms with van der Waals surface area (Å²) in [5.41, 5.74) is 0.661. The number of rotatable bonds is 8. The minimum atomic E-state index is -0.366. The van der Waals surface area contributed by atoms with Crippen molar-refractivity contribution >= 4 is 87.3 Å². The SMILES string of the molecule is CCn1c(CNC(=O)c2ccc(Cl)cc2Cl)nnc1SCC(=O)Nc1cc(Cl)c(Cl)cc1Cl. The second-order valence-corrected chi connectivity index (χ2v) is 9.54. The van der Waals surface area contributed by atoms with Gasteiger partial charge in [0.2, 0.25) is 5.91 Å². The average Bonchev–Trinajstić information content (AvgIpc) is 3.16. The maximum absolute atomic E-state index is 12.4. The molecule has 2 N–H and O–H groups in total. The molecule has 3 aromatic rings. The molecule has 3 rings (SSSR count). The molecule has 1 aromatic heterocycles. The first-order valence-electron chi connectivity index (χ1n) is 9.42. The average molecular weight is 568 g/mol. The minimum Gasteiger partial charge on any atom is -0.345 e. The van der Waals surface area contributed by atoms with Gasteiger partial charge < -0.3 is 15.2 Å². The van der Waals surface area contributed by atoms with Crippen molar-refractivity contribution in [3.63, 3.8) is 0 Å². The summed E-state index contributed by atoms with van der Waals surface area (Å²) in [6.45, 7) is 2.58. The Morgan fingerprint density at radius 3 is 2.39 bits per heavy atom. The number of carbonyl (C=O) groups excluding carboxylic acids is 2. The third-order valence-electron chi connectivity index (χ3n) is 4.31. The van der Waals surface area contributed by atoms with Crippen LogP contribution in [0.1, 0.15) is 23.1 Å². The van der Waals surface area contributed by atoms with Gasteiger partial charge in [0.1, 0.15) is 0 Å². The van der Waals surface area contributed by atoms with Crippen molar-refractivity contribution in [3.8, 4) is 0 Å². The molecule has 0 radical (unpaired) electrons. The standard InChI is InChI=1S/C20H16Cl5N5O2S/c1-2-30-17(8-26-19(32)11-4-3-10(21)5-12(11)22)28-29-20(30)33-9-18(31)27-16-7-14(24)13(23)6-15(16)25/h3-7H,2,8-9H2,1H3,(H,26,32)(H,27,31). The molecule has 1 heterocycles. The third-order valence-corrected chi connectivity index (χ3v) is 6.86. The fourth-order valence-electron chi connectivity index (χ4n) is 2.74. The molecular weight excluding hydrogens is 552 g/mol. The summed E-state index contributed by atoms with van der Waals surface area (Å²) in [5.74, 6) is -0.0829. The maximum atomic E-state index is 12.4. The lowest BCUT2D eigenvalue weighted by molar-refractivity contribution is -0.113. The van der Waals surface area contributed by atoms with Crippen LogP contribution in [-0.2, 0) is 17.9 Å². The Hall–Kier alpha value is -1.68. The fourth-order valence-corrected chi connectivity index (χ4v) is 4.65. The van der Waals surface area contributed by atoms with Crippen molar-refractivity contribution in [2.24, 2.45) is 0 Å². The number of benzene rings is 2.